The Morgan fingerprint density at radius 3 is 2.19 bits per heavy atom. The van der Waals surface area contributed by atoms with E-state index in [9.17, 15) is 20.4 Å². The molecule has 2 aliphatic carbocycles. The summed E-state index contributed by atoms with van der Waals surface area (Å²) in [7, 11) is 1.68. The first-order valence-corrected chi connectivity index (χ1v) is 19.7. The summed E-state index contributed by atoms with van der Waals surface area (Å²) >= 11 is 0. The van der Waals surface area contributed by atoms with Crippen LogP contribution in [0.1, 0.15) is 98.7 Å². The molecule has 4 N–H and O–H groups in total. The molecule has 5 atom stereocenters. The highest BCUT2D eigenvalue weighted by Crippen LogP contribution is 2.51. The fourth-order valence-electron chi connectivity index (χ4n) is 9.17. The number of rotatable bonds is 12. The largest absolute Gasteiger partial charge is 0.508 e. The van der Waals surface area contributed by atoms with Crippen LogP contribution in [-0.2, 0) is 11.2 Å². The fraction of sp³-hybridized carbons (Fsp3) is 0.467. The van der Waals surface area contributed by atoms with Crippen LogP contribution in [0.5, 0.6) is 34.5 Å². The van der Waals surface area contributed by atoms with E-state index in [0.29, 0.717) is 47.8 Å². The van der Waals surface area contributed by atoms with E-state index in [2.05, 4.69) is 0 Å². The number of fused-ring (bicyclic) bond motifs is 2. The lowest BCUT2D eigenvalue weighted by molar-refractivity contribution is -0.0890. The number of phenolic OH excluding ortho intramolecular Hbond substituents is 2. The first kappa shape index (κ1) is 36.5. The van der Waals surface area contributed by atoms with Crippen molar-refractivity contribution in [3.8, 4) is 45.6 Å². The average Bonchev–Trinajstić information content (AvgIpc) is 3.88. The standard InChI is InChI=1S/C45H52O9/c1-50-19-7-14-41-42(44(49)37-24-34(16-18-40(37)54-41)52-32-10-2-3-11-32)39-26-51-45-29(23-35(25-38(45)43(39)48)53-33-12-4-5-13-33)20-28-22-31(47)15-17-36(28)27-8-6-9-30(46)21-27/h6,8-9,15-18,21-25,32-33,39,41-44,46-49H,2-5,7,10-14,19-20,26H2,1H3/t39-,41-,42+,43+,44-/m0/s1. The van der Waals surface area contributed by atoms with Gasteiger partial charge in [0.25, 0.3) is 0 Å². The molecule has 9 heteroatoms. The van der Waals surface area contributed by atoms with Gasteiger partial charge >= 0.3 is 0 Å². The molecule has 0 spiro atoms. The predicted octanol–water partition coefficient (Wildman–Crippen LogP) is 8.58. The Morgan fingerprint density at radius 2 is 1.44 bits per heavy atom. The fourth-order valence-corrected chi connectivity index (χ4v) is 9.17. The van der Waals surface area contributed by atoms with E-state index in [4.69, 9.17) is 23.7 Å². The molecule has 2 saturated carbocycles. The van der Waals surface area contributed by atoms with Crippen molar-refractivity contribution in [2.45, 2.75) is 101 Å². The number of benzene rings is 4. The van der Waals surface area contributed by atoms with Crippen LogP contribution in [0.4, 0.5) is 0 Å². The van der Waals surface area contributed by atoms with Crippen LogP contribution in [0.15, 0.2) is 72.8 Å². The number of ether oxygens (including phenoxy) is 5. The Hall–Kier alpha value is -4.44. The molecule has 4 aliphatic rings. The number of hydrogen-bond acceptors (Lipinski definition) is 9. The Bertz CT molecular complexity index is 1910. The zero-order valence-electron chi connectivity index (χ0n) is 31.0. The molecule has 4 aromatic rings. The van der Waals surface area contributed by atoms with Gasteiger partial charge in [0.05, 0.1) is 31.0 Å². The molecule has 4 aromatic carbocycles. The highest BCUT2D eigenvalue weighted by atomic mass is 16.5. The minimum Gasteiger partial charge on any atom is -0.508 e. The van der Waals surface area contributed by atoms with Crippen molar-refractivity contribution in [2.75, 3.05) is 20.3 Å². The molecule has 0 aromatic heterocycles. The van der Waals surface area contributed by atoms with Crippen LogP contribution in [0.2, 0.25) is 0 Å². The lowest BCUT2D eigenvalue weighted by Crippen LogP contribution is -2.46. The van der Waals surface area contributed by atoms with Crippen LogP contribution < -0.4 is 18.9 Å². The van der Waals surface area contributed by atoms with Crippen LogP contribution in [0, 0.1) is 11.8 Å². The van der Waals surface area contributed by atoms with Crippen molar-refractivity contribution in [3.05, 3.63) is 95.1 Å². The summed E-state index contributed by atoms with van der Waals surface area (Å²) in [4.78, 5) is 0. The van der Waals surface area contributed by atoms with Crippen LogP contribution in [0.25, 0.3) is 11.1 Å². The van der Waals surface area contributed by atoms with Crippen LogP contribution in [0.3, 0.4) is 0 Å². The van der Waals surface area contributed by atoms with Crippen LogP contribution >= 0.6 is 0 Å². The second-order valence-electron chi connectivity index (χ2n) is 15.6. The summed E-state index contributed by atoms with van der Waals surface area (Å²) in [5.41, 5.74) is 4.62. The molecule has 54 heavy (non-hydrogen) atoms. The molecular formula is C45H52O9. The van der Waals surface area contributed by atoms with E-state index in [1.54, 1.807) is 37.4 Å². The molecule has 0 radical (unpaired) electrons. The van der Waals surface area contributed by atoms with Crippen molar-refractivity contribution in [2.24, 2.45) is 11.8 Å². The van der Waals surface area contributed by atoms with E-state index in [1.807, 2.05) is 42.5 Å². The minimum atomic E-state index is -0.984. The second-order valence-corrected chi connectivity index (χ2v) is 15.6. The zero-order chi connectivity index (χ0) is 37.2. The zero-order valence-corrected chi connectivity index (χ0v) is 31.0. The van der Waals surface area contributed by atoms with E-state index in [-0.39, 0.29) is 36.4 Å². The molecule has 286 valence electrons. The van der Waals surface area contributed by atoms with Crippen molar-refractivity contribution in [1.82, 2.24) is 0 Å². The van der Waals surface area contributed by atoms with Gasteiger partial charge in [-0.15, -0.1) is 0 Å². The van der Waals surface area contributed by atoms with Gasteiger partial charge < -0.3 is 44.1 Å². The van der Waals surface area contributed by atoms with Gasteiger partial charge in [0.15, 0.2) is 0 Å². The number of methoxy groups -OCH3 is 1. The molecule has 2 aliphatic heterocycles. The second kappa shape index (κ2) is 16.1. The van der Waals surface area contributed by atoms with Gasteiger partial charge in [0.2, 0.25) is 0 Å². The molecule has 0 amide bonds. The Labute approximate surface area is 317 Å². The third-order valence-corrected chi connectivity index (χ3v) is 11.9. The quantitative estimate of drug-likeness (QED) is 0.106. The topological polar surface area (TPSA) is 127 Å². The third kappa shape index (κ3) is 7.72. The van der Waals surface area contributed by atoms with Crippen molar-refractivity contribution < 1.29 is 44.1 Å². The number of aliphatic hydroxyl groups excluding tert-OH is 2. The SMILES string of the molecule is COCCC[C@@H]1Oc2ccc(OC3CCCC3)cc2[C@H](O)[C@@H]1[C@@H]1COc2c(Cc3cc(O)ccc3-c3cccc(O)c3)cc(OC3CCCC3)cc2[C@H]1O. The highest BCUT2D eigenvalue weighted by Gasteiger charge is 2.47. The first-order chi connectivity index (χ1) is 26.3. The normalized spacial score (nSPS) is 24.0. The Balaban J connectivity index is 1.15. The molecule has 2 heterocycles. The first-order valence-electron chi connectivity index (χ1n) is 19.7. The van der Waals surface area contributed by atoms with E-state index in [0.717, 1.165) is 85.8 Å². The predicted molar refractivity (Wildman–Crippen MR) is 205 cm³/mol. The van der Waals surface area contributed by atoms with Crippen molar-refractivity contribution in [3.63, 3.8) is 0 Å². The maximum Gasteiger partial charge on any atom is 0.128 e. The lowest BCUT2D eigenvalue weighted by Gasteiger charge is -2.45. The van der Waals surface area contributed by atoms with E-state index < -0.39 is 24.0 Å². The summed E-state index contributed by atoms with van der Waals surface area (Å²) in [6.07, 6.45) is 8.30. The van der Waals surface area contributed by atoms with Crippen molar-refractivity contribution in [1.29, 1.82) is 0 Å². The van der Waals surface area contributed by atoms with Gasteiger partial charge in [-0.05, 0) is 135 Å². The van der Waals surface area contributed by atoms with Gasteiger partial charge in [-0.3, -0.25) is 0 Å². The molecule has 0 unspecified atom stereocenters. The van der Waals surface area contributed by atoms with Gasteiger partial charge in [0.1, 0.15) is 40.6 Å². The summed E-state index contributed by atoms with van der Waals surface area (Å²) in [5, 5.41) is 45.5. The van der Waals surface area contributed by atoms with Gasteiger partial charge in [-0.2, -0.15) is 0 Å². The maximum atomic E-state index is 12.4. The smallest absolute Gasteiger partial charge is 0.128 e. The van der Waals surface area contributed by atoms with E-state index >= 15 is 0 Å². The molecule has 0 bridgehead atoms. The third-order valence-electron chi connectivity index (χ3n) is 11.9. The maximum absolute atomic E-state index is 12.4. The molecule has 8 rings (SSSR count). The summed E-state index contributed by atoms with van der Waals surface area (Å²) in [5.74, 6) is 1.91. The van der Waals surface area contributed by atoms with E-state index in [1.165, 1.54) is 0 Å². The number of aromatic hydroxyl groups is 2. The molecule has 2 fully saturated rings. The van der Waals surface area contributed by atoms with Gasteiger partial charge in [-0.1, -0.05) is 18.2 Å². The lowest BCUT2D eigenvalue weighted by atomic mass is 9.72. The Kier molecular flexibility index (Phi) is 10.9. The summed E-state index contributed by atoms with van der Waals surface area (Å²) in [6, 6.07) is 21.9. The average molecular weight is 737 g/mol. The van der Waals surface area contributed by atoms with Crippen molar-refractivity contribution >= 4 is 0 Å². The molecular weight excluding hydrogens is 684 g/mol. The van der Waals surface area contributed by atoms with Crippen LogP contribution in [-0.4, -0.2) is 59.1 Å². The van der Waals surface area contributed by atoms with Gasteiger partial charge in [0, 0.05) is 48.7 Å². The minimum absolute atomic E-state index is 0.0906. The van der Waals surface area contributed by atoms with Gasteiger partial charge in [-0.25, -0.2) is 0 Å². The highest BCUT2D eigenvalue weighted by molar-refractivity contribution is 5.70. The summed E-state index contributed by atoms with van der Waals surface area (Å²) < 4.78 is 31.6. The number of phenols is 2. The molecule has 0 saturated heterocycles. The Morgan fingerprint density at radius 1 is 0.722 bits per heavy atom. The summed E-state index contributed by atoms with van der Waals surface area (Å²) in [6.45, 7) is 0.726. The number of aliphatic hydroxyl groups is 2. The molecule has 9 nitrogen and oxygen atoms in total. The number of hydrogen-bond donors (Lipinski definition) is 4. The monoisotopic (exact) mass is 736 g/mol.